The molecule has 1 saturated carbocycles. The lowest BCUT2D eigenvalue weighted by atomic mass is 10.3. The van der Waals surface area contributed by atoms with Gasteiger partial charge in [-0.3, -0.25) is 4.84 Å². The fourth-order valence-corrected chi connectivity index (χ4v) is 0.912. The first-order valence-corrected chi connectivity index (χ1v) is 3.83. The summed E-state index contributed by atoms with van der Waals surface area (Å²) in [7, 11) is 0. The van der Waals surface area contributed by atoms with Gasteiger partial charge in [0.25, 0.3) is 0 Å². The van der Waals surface area contributed by atoms with Gasteiger partial charge >= 0.3 is 0 Å². The molecular weight excluding hydrogens is 150 g/mol. The van der Waals surface area contributed by atoms with E-state index in [1.165, 1.54) is 19.3 Å². The van der Waals surface area contributed by atoms with Crippen LogP contribution in [0.15, 0.2) is 0 Å². The fraction of sp³-hybridized carbons (Fsp3) is 1.00. The maximum absolute atomic E-state index is 5.44. The Morgan fingerprint density at radius 3 is 2.40 bits per heavy atom. The van der Waals surface area contributed by atoms with Crippen molar-refractivity contribution in [1.29, 1.82) is 0 Å². The monoisotopic (exact) mass is 163 g/mol. The third-order valence-electron chi connectivity index (χ3n) is 2.00. The molecule has 60 valence electrons. The highest BCUT2D eigenvalue weighted by molar-refractivity contribution is 5.85. The molecule has 0 bridgehead atoms. The molecule has 3 heteroatoms. The largest absolute Gasteiger partial charge is 0.299 e. The zero-order valence-corrected chi connectivity index (χ0v) is 6.90. The first-order valence-electron chi connectivity index (χ1n) is 3.83. The van der Waals surface area contributed by atoms with Crippen LogP contribution in [0, 0.1) is 5.92 Å². The molecular formula is C7H14ClNO. The summed E-state index contributed by atoms with van der Waals surface area (Å²) in [5, 5.41) is 2.07. The summed E-state index contributed by atoms with van der Waals surface area (Å²) in [5.74, 6) is 0.908. The normalized spacial score (nSPS) is 25.2. The van der Waals surface area contributed by atoms with Crippen LogP contribution < -0.4 is 0 Å². The second-order valence-electron chi connectivity index (χ2n) is 3.02. The predicted octanol–water partition coefficient (Wildman–Crippen LogP) is 1.46. The van der Waals surface area contributed by atoms with Gasteiger partial charge in [-0.1, -0.05) is 0 Å². The molecule has 2 nitrogen and oxygen atoms in total. The summed E-state index contributed by atoms with van der Waals surface area (Å²) < 4.78 is 0. The molecule has 0 aromatic carbocycles. The second kappa shape index (κ2) is 3.56. The van der Waals surface area contributed by atoms with Gasteiger partial charge in [0.15, 0.2) is 0 Å². The highest BCUT2D eigenvalue weighted by atomic mass is 35.5. The summed E-state index contributed by atoms with van der Waals surface area (Å²) in [6.07, 6.45) is 4.12. The standard InChI is InChI=1S/C7H13NO.ClH/c1-4-8(5-1)9-6-7-2-3-7;/h7H,1-6H2;1H. The predicted molar refractivity (Wildman–Crippen MR) is 42.1 cm³/mol. The van der Waals surface area contributed by atoms with E-state index < -0.39 is 0 Å². The average Bonchev–Trinajstić information content (AvgIpc) is 2.44. The summed E-state index contributed by atoms with van der Waals surface area (Å²) >= 11 is 0. The summed E-state index contributed by atoms with van der Waals surface area (Å²) in [6.45, 7) is 3.30. The molecule has 0 atom stereocenters. The molecule has 0 amide bonds. The Bertz CT molecular complexity index is 102. The molecule has 0 radical (unpaired) electrons. The zero-order valence-electron chi connectivity index (χ0n) is 6.08. The molecule has 0 N–H and O–H groups in total. The molecule has 2 aliphatic rings. The van der Waals surface area contributed by atoms with Crippen molar-refractivity contribution in [2.75, 3.05) is 19.7 Å². The third-order valence-corrected chi connectivity index (χ3v) is 2.00. The van der Waals surface area contributed by atoms with Crippen LogP contribution in [0.4, 0.5) is 0 Å². The van der Waals surface area contributed by atoms with Crippen molar-refractivity contribution < 1.29 is 4.84 Å². The van der Waals surface area contributed by atoms with Gasteiger partial charge < -0.3 is 0 Å². The van der Waals surface area contributed by atoms with Crippen LogP contribution in [0.25, 0.3) is 0 Å². The minimum atomic E-state index is 0. The molecule has 2 fully saturated rings. The minimum Gasteiger partial charge on any atom is -0.299 e. The quantitative estimate of drug-likeness (QED) is 0.625. The smallest absolute Gasteiger partial charge is 0.0713 e. The van der Waals surface area contributed by atoms with Gasteiger partial charge in [-0.05, 0) is 25.2 Å². The number of halogens is 1. The van der Waals surface area contributed by atoms with E-state index in [2.05, 4.69) is 5.06 Å². The highest BCUT2D eigenvalue weighted by Crippen LogP contribution is 2.29. The zero-order chi connectivity index (χ0) is 6.10. The van der Waals surface area contributed by atoms with Crippen molar-refractivity contribution in [3.05, 3.63) is 0 Å². The van der Waals surface area contributed by atoms with E-state index in [4.69, 9.17) is 4.84 Å². The van der Waals surface area contributed by atoms with Crippen LogP contribution in [0.3, 0.4) is 0 Å². The van der Waals surface area contributed by atoms with Crippen LogP contribution in [-0.2, 0) is 4.84 Å². The van der Waals surface area contributed by atoms with Crippen molar-refractivity contribution in [3.63, 3.8) is 0 Å². The second-order valence-corrected chi connectivity index (χ2v) is 3.02. The average molecular weight is 164 g/mol. The van der Waals surface area contributed by atoms with Crippen LogP contribution >= 0.6 is 12.4 Å². The molecule has 1 aliphatic heterocycles. The molecule has 1 saturated heterocycles. The van der Waals surface area contributed by atoms with Gasteiger partial charge in [-0.2, -0.15) is 5.06 Å². The van der Waals surface area contributed by atoms with Gasteiger partial charge in [0.2, 0.25) is 0 Å². The Kier molecular flexibility index (Phi) is 2.96. The number of hydroxylamine groups is 2. The Hall–Kier alpha value is 0.210. The number of hydrogen-bond donors (Lipinski definition) is 0. The first-order chi connectivity index (χ1) is 4.45. The van der Waals surface area contributed by atoms with Gasteiger partial charge in [0.05, 0.1) is 6.61 Å². The molecule has 0 aromatic heterocycles. The Labute approximate surface area is 67.9 Å². The molecule has 0 aromatic rings. The van der Waals surface area contributed by atoms with Crippen LogP contribution in [0.1, 0.15) is 19.3 Å². The Morgan fingerprint density at radius 1 is 1.30 bits per heavy atom. The van der Waals surface area contributed by atoms with Gasteiger partial charge in [-0.25, -0.2) is 0 Å². The number of hydrogen-bond acceptors (Lipinski definition) is 2. The van der Waals surface area contributed by atoms with E-state index in [0.717, 1.165) is 25.6 Å². The first kappa shape index (κ1) is 8.31. The van der Waals surface area contributed by atoms with Crippen molar-refractivity contribution in [2.45, 2.75) is 19.3 Å². The van der Waals surface area contributed by atoms with E-state index in [1.807, 2.05) is 0 Å². The molecule has 10 heavy (non-hydrogen) atoms. The maximum atomic E-state index is 5.44. The summed E-state index contributed by atoms with van der Waals surface area (Å²) in [4.78, 5) is 5.44. The molecule has 1 heterocycles. The summed E-state index contributed by atoms with van der Waals surface area (Å²) in [6, 6.07) is 0. The van der Waals surface area contributed by atoms with Crippen molar-refractivity contribution in [1.82, 2.24) is 5.06 Å². The van der Waals surface area contributed by atoms with Crippen LogP contribution in [0.5, 0.6) is 0 Å². The lowest BCUT2D eigenvalue weighted by Crippen LogP contribution is -2.37. The van der Waals surface area contributed by atoms with Gasteiger partial charge in [-0.15, -0.1) is 12.4 Å². The van der Waals surface area contributed by atoms with Gasteiger partial charge in [0, 0.05) is 13.1 Å². The molecule has 1 aliphatic carbocycles. The summed E-state index contributed by atoms with van der Waals surface area (Å²) in [5.41, 5.74) is 0. The maximum Gasteiger partial charge on any atom is 0.0713 e. The number of nitrogens with zero attached hydrogens (tertiary/aromatic N) is 1. The van der Waals surface area contributed by atoms with E-state index in [0.29, 0.717) is 0 Å². The van der Waals surface area contributed by atoms with E-state index in [-0.39, 0.29) is 12.4 Å². The van der Waals surface area contributed by atoms with Crippen LogP contribution in [0.2, 0.25) is 0 Å². The van der Waals surface area contributed by atoms with Crippen molar-refractivity contribution >= 4 is 12.4 Å². The molecule has 0 spiro atoms. The van der Waals surface area contributed by atoms with Gasteiger partial charge in [0.1, 0.15) is 0 Å². The minimum absolute atomic E-state index is 0. The lowest BCUT2D eigenvalue weighted by molar-refractivity contribution is -0.199. The third kappa shape index (κ3) is 2.11. The number of rotatable bonds is 3. The SMILES string of the molecule is C1CN(OCC2CC2)C1.Cl. The highest BCUT2D eigenvalue weighted by Gasteiger charge is 2.24. The van der Waals surface area contributed by atoms with Crippen LogP contribution in [-0.4, -0.2) is 24.8 Å². The molecule has 0 unspecified atom stereocenters. The lowest BCUT2D eigenvalue weighted by Gasteiger charge is -2.29. The topological polar surface area (TPSA) is 12.5 Å². The van der Waals surface area contributed by atoms with E-state index in [9.17, 15) is 0 Å². The fourth-order valence-electron chi connectivity index (χ4n) is 0.912. The van der Waals surface area contributed by atoms with E-state index >= 15 is 0 Å². The molecule has 2 rings (SSSR count). The Morgan fingerprint density at radius 2 is 2.00 bits per heavy atom. The van der Waals surface area contributed by atoms with Crippen molar-refractivity contribution in [2.24, 2.45) is 5.92 Å². The Balaban J connectivity index is 0.000000500. The van der Waals surface area contributed by atoms with Crippen molar-refractivity contribution in [3.8, 4) is 0 Å². The van der Waals surface area contributed by atoms with E-state index in [1.54, 1.807) is 0 Å².